The van der Waals surface area contributed by atoms with Gasteiger partial charge in [-0.3, -0.25) is 0 Å². The summed E-state index contributed by atoms with van der Waals surface area (Å²) in [5.41, 5.74) is 0.488. The van der Waals surface area contributed by atoms with E-state index in [0.717, 1.165) is 82.9 Å². The molecule has 0 heteroatoms. The van der Waals surface area contributed by atoms with E-state index in [1.807, 2.05) is 0 Å². The summed E-state index contributed by atoms with van der Waals surface area (Å²) >= 11 is 0. The van der Waals surface area contributed by atoms with Crippen molar-refractivity contribution in [2.75, 3.05) is 0 Å². The van der Waals surface area contributed by atoms with Gasteiger partial charge in [-0.15, -0.1) is 0 Å². The van der Waals surface area contributed by atoms with Crippen LogP contribution in [0.2, 0.25) is 0 Å². The lowest BCUT2D eigenvalue weighted by Crippen LogP contribution is -2.30. The molecule has 0 bridgehead atoms. The van der Waals surface area contributed by atoms with Crippen molar-refractivity contribution in [2.24, 2.45) is 88.3 Å². The second kappa shape index (κ2) is 19.9. The summed E-state index contributed by atoms with van der Waals surface area (Å²) in [6.45, 7) is 35.5. The van der Waals surface area contributed by atoms with Gasteiger partial charge in [0.05, 0.1) is 0 Å². The highest BCUT2D eigenvalue weighted by atomic mass is 14.6. The van der Waals surface area contributed by atoms with Crippen molar-refractivity contribution in [1.82, 2.24) is 0 Å². The largest absolute Gasteiger partial charge is 0.0651 e. The lowest BCUT2D eigenvalue weighted by atomic mass is 9.66. The molecular weight excluding hydrogens is 540 g/mol. The molecule has 268 valence electrons. The van der Waals surface area contributed by atoms with Crippen molar-refractivity contribution >= 4 is 0 Å². The van der Waals surface area contributed by atoms with Crippen LogP contribution in [-0.4, -0.2) is 0 Å². The fourth-order valence-electron chi connectivity index (χ4n) is 10.8. The zero-order valence-electron chi connectivity index (χ0n) is 33.9. The summed E-state index contributed by atoms with van der Waals surface area (Å²) in [5.74, 6) is 12.6. The van der Waals surface area contributed by atoms with Crippen LogP contribution in [0.15, 0.2) is 0 Å². The molecule has 0 aromatic rings. The minimum Gasteiger partial charge on any atom is -0.0651 e. The van der Waals surface area contributed by atoms with E-state index in [1.165, 1.54) is 103 Å². The Kier molecular flexibility index (Phi) is 18.2. The third-order valence-electron chi connectivity index (χ3n) is 14.7. The van der Waals surface area contributed by atoms with E-state index >= 15 is 0 Å². The van der Waals surface area contributed by atoms with Crippen LogP contribution in [-0.2, 0) is 0 Å². The molecule has 0 aliphatic heterocycles. The van der Waals surface area contributed by atoms with Crippen molar-refractivity contribution < 1.29 is 0 Å². The summed E-state index contributed by atoms with van der Waals surface area (Å²) < 4.78 is 0. The lowest BCUT2D eigenvalue weighted by Gasteiger charge is -2.40. The highest BCUT2D eigenvalue weighted by molar-refractivity contribution is 5.00. The second-order valence-electron chi connectivity index (χ2n) is 19.3. The molecule has 0 aromatic carbocycles. The predicted molar refractivity (Wildman–Crippen MR) is 205 cm³/mol. The van der Waals surface area contributed by atoms with Crippen molar-refractivity contribution in [1.29, 1.82) is 0 Å². The topological polar surface area (TPSA) is 0 Å². The zero-order chi connectivity index (χ0) is 33.9. The molecule has 2 saturated carbocycles. The predicted octanol–water partition coefficient (Wildman–Crippen LogP) is 15.1. The molecule has 0 heterocycles. The first-order valence-electron chi connectivity index (χ1n) is 21.2. The third kappa shape index (κ3) is 13.1. The highest BCUT2D eigenvalue weighted by Gasteiger charge is 2.51. The van der Waals surface area contributed by atoms with Gasteiger partial charge in [0.1, 0.15) is 0 Å². The fraction of sp³-hybridized carbons (Fsp3) is 1.00. The van der Waals surface area contributed by atoms with Crippen LogP contribution in [0.4, 0.5) is 0 Å². The number of hydrogen-bond donors (Lipinski definition) is 0. The van der Waals surface area contributed by atoms with Gasteiger partial charge < -0.3 is 0 Å². The molecule has 2 fully saturated rings. The molecule has 0 amide bonds. The van der Waals surface area contributed by atoms with Gasteiger partial charge in [-0.1, -0.05) is 161 Å². The quantitative estimate of drug-likeness (QED) is 0.0997. The van der Waals surface area contributed by atoms with Gasteiger partial charge in [-0.25, -0.2) is 0 Å². The Morgan fingerprint density at radius 2 is 1.33 bits per heavy atom. The van der Waals surface area contributed by atoms with E-state index in [1.54, 1.807) is 0 Å². The van der Waals surface area contributed by atoms with Gasteiger partial charge in [0, 0.05) is 0 Å². The maximum atomic E-state index is 2.66. The third-order valence-corrected chi connectivity index (χ3v) is 14.7. The van der Waals surface area contributed by atoms with Crippen LogP contribution in [0.5, 0.6) is 0 Å². The van der Waals surface area contributed by atoms with E-state index in [9.17, 15) is 0 Å². The van der Waals surface area contributed by atoms with Crippen LogP contribution >= 0.6 is 0 Å². The van der Waals surface area contributed by atoms with Crippen LogP contribution in [0.25, 0.3) is 0 Å². The SMILES string of the molecule is CCC1C(CC(CC(C)C(C)CC(C)(CC)C(C)CC)CC(C(C)C)C(CCC2CCCC2)CC(C)C)C1C(C)CCC(C)C. The van der Waals surface area contributed by atoms with Crippen molar-refractivity contribution in [3.05, 3.63) is 0 Å². The lowest BCUT2D eigenvalue weighted by molar-refractivity contribution is 0.106. The van der Waals surface area contributed by atoms with Crippen LogP contribution in [0.1, 0.15) is 200 Å². The molecule has 0 aromatic heterocycles. The number of rotatable bonds is 24. The molecule has 45 heavy (non-hydrogen) atoms. The van der Waals surface area contributed by atoms with Crippen LogP contribution in [0, 0.1) is 88.3 Å². The van der Waals surface area contributed by atoms with Crippen molar-refractivity contribution in [2.45, 2.75) is 200 Å². The van der Waals surface area contributed by atoms with E-state index in [4.69, 9.17) is 0 Å². The first-order valence-corrected chi connectivity index (χ1v) is 21.2. The standard InChI is InChI=1S/C45H88/c1-15-37(13)45(14,17-3)30-36(12)35(11)27-39(29-43-41(16-2)44(43)34(10)23-22-31(4)5)28-42(33(8)9)40(26-32(6)7)25-24-38-20-18-19-21-38/h31-44H,15-30H2,1-14H3. The van der Waals surface area contributed by atoms with Crippen molar-refractivity contribution in [3.63, 3.8) is 0 Å². The molecule has 11 atom stereocenters. The Bertz CT molecular complexity index is 756. The molecule has 2 rings (SSSR count). The second-order valence-corrected chi connectivity index (χ2v) is 19.3. The maximum Gasteiger partial charge on any atom is -0.0300 e. The summed E-state index contributed by atoms with van der Waals surface area (Å²) in [6.07, 6.45) is 23.3. The Balaban J connectivity index is 2.28. The molecular formula is C45H88. The average Bonchev–Trinajstić information content (AvgIpc) is 3.41. The molecule has 2 aliphatic carbocycles. The Morgan fingerprint density at radius 3 is 1.84 bits per heavy atom. The van der Waals surface area contributed by atoms with Gasteiger partial charge >= 0.3 is 0 Å². The minimum absolute atomic E-state index is 0.488. The van der Waals surface area contributed by atoms with E-state index in [2.05, 4.69) is 96.9 Å². The summed E-state index contributed by atoms with van der Waals surface area (Å²) in [4.78, 5) is 0. The summed E-state index contributed by atoms with van der Waals surface area (Å²) in [5, 5.41) is 0. The summed E-state index contributed by atoms with van der Waals surface area (Å²) in [6, 6.07) is 0. The molecule has 0 N–H and O–H groups in total. The van der Waals surface area contributed by atoms with Gasteiger partial charge in [-0.05, 0) is 127 Å². The highest BCUT2D eigenvalue weighted by Crippen LogP contribution is 2.58. The van der Waals surface area contributed by atoms with Crippen molar-refractivity contribution in [3.8, 4) is 0 Å². The first-order chi connectivity index (χ1) is 21.2. The van der Waals surface area contributed by atoms with E-state index in [0.29, 0.717) is 5.41 Å². The average molecular weight is 629 g/mol. The maximum absolute atomic E-state index is 2.66. The van der Waals surface area contributed by atoms with Crippen LogP contribution < -0.4 is 0 Å². The monoisotopic (exact) mass is 629 g/mol. The molecule has 0 nitrogen and oxygen atoms in total. The molecule has 0 spiro atoms. The Morgan fingerprint density at radius 1 is 0.689 bits per heavy atom. The Hall–Kier alpha value is 0. The van der Waals surface area contributed by atoms with Gasteiger partial charge in [-0.2, -0.15) is 0 Å². The number of hydrogen-bond acceptors (Lipinski definition) is 0. The van der Waals surface area contributed by atoms with Gasteiger partial charge in [0.25, 0.3) is 0 Å². The molecule has 0 saturated heterocycles. The normalized spacial score (nSPS) is 27.0. The fourth-order valence-corrected chi connectivity index (χ4v) is 10.8. The smallest absolute Gasteiger partial charge is 0.0300 e. The van der Waals surface area contributed by atoms with Gasteiger partial charge in [0.15, 0.2) is 0 Å². The zero-order valence-corrected chi connectivity index (χ0v) is 33.9. The molecule has 2 aliphatic rings. The van der Waals surface area contributed by atoms with E-state index in [-0.39, 0.29) is 0 Å². The van der Waals surface area contributed by atoms with Crippen LogP contribution in [0.3, 0.4) is 0 Å². The van der Waals surface area contributed by atoms with Gasteiger partial charge in [0.2, 0.25) is 0 Å². The summed E-state index contributed by atoms with van der Waals surface area (Å²) in [7, 11) is 0. The molecule has 0 radical (unpaired) electrons. The minimum atomic E-state index is 0.488. The first kappa shape index (κ1) is 41.2. The Labute approximate surface area is 287 Å². The molecule has 11 unspecified atom stereocenters. The van der Waals surface area contributed by atoms with E-state index < -0.39 is 0 Å².